The maximum Gasteiger partial charge on any atom is 0.339 e. The predicted octanol–water partition coefficient (Wildman–Crippen LogP) is 3.04. The molecule has 0 bridgehead atoms. The fourth-order valence-electron chi connectivity index (χ4n) is 3.86. The van der Waals surface area contributed by atoms with Crippen molar-refractivity contribution in [3.05, 3.63) is 59.3 Å². The van der Waals surface area contributed by atoms with Crippen LogP contribution >= 0.6 is 0 Å². The zero-order valence-corrected chi connectivity index (χ0v) is 18.3. The van der Waals surface area contributed by atoms with E-state index in [4.69, 9.17) is 19.2 Å². The van der Waals surface area contributed by atoms with Crippen LogP contribution in [0.1, 0.15) is 21.6 Å². The van der Waals surface area contributed by atoms with Crippen LogP contribution in [0, 0.1) is 0 Å². The van der Waals surface area contributed by atoms with E-state index in [1.165, 1.54) is 14.2 Å². The number of carbonyl (C=O) groups is 2. The maximum absolute atomic E-state index is 13.1. The van der Waals surface area contributed by atoms with Crippen LogP contribution in [-0.2, 0) is 22.5 Å². The third kappa shape index (κ3) is 4.36. The summed E-state index contributed by atoms with van der Waals surface area (Å²) in [4.78, 5) is 32.5. The lowest BCUT2D eigenvalue weighted by Gasteiger charge is -2.26. The molecule has 0 radical (unpaired) electrons. The molecule has 8 nitrogen and oxygen atoms in total. The molecule has 1 aliphatic heterocycles. The van der Waals surface area contributed by atoms with Crippen molar-refractivity contribution >= 4 is 28.5 Å². The van der Waals surface area contributed by atoms with Crippen molar-refractivity contribution in [3.8, 4) is 11.5 Å². The predicted molar refractivity (Wildman–Crippen MR) is 120 cm³/mol. The Hall–Kier alpha value is -3.65. The van der Waals surface area contributed by atoms with E-state index in [1.54, 1.807) is 18.2 Å². The van der Waals surface area contributed by atoms with Gasteiger partial charge in [0, 0.05) is 42.2 Å². The van der Waals surface area contributed by atoms with E-state index in [-0.39, 0.29) is 0 Å². The third-order valence-corrected chi connectivity index (χ3v) is 5.46. The first-order chi connectivity index (χ1) is 15.5. The number of fused-ring (bicyclic) bond motifs is 2. The number of hydrogen-bond acceptors (Lipinski definition) is 7. The number of pyridine rings is 1. The molecular weight excluding hydrogens is 410 g/mol. The van der Waals surface area contributed by atoms with Crippen LogP contribution in [0.15, 0.2) is 42.5 Å². The number of esters is 1. The number of para-hydroxylation sites is 1. The molecule has 1 aliphatic rings. The molecule has 1 aromatic heterocycles. The molecule has 2 aromatic carbocycles. The summed E-state index contributed by atoms with van der Waals surface area (Å²) in [5.41, 5.74) is 3.41. The number of aromatic nitrogens is 1. The number of nitrogens with zero attached hydrogens (tertiary/aromatic N) is 2. The van der Waals surface area contributed by atoms with Crippen molar-refractivity contribution in [2.24, 2.45) is 0 Å². The van der Waals surface area contributed by atoms with Crippen molar-refractivity contribution in [2.75, 3.05) is 39.7 Å². The molecule has 0 fully saturated rings. The SMILES string of the molecule is COc1ccc(OC)c(NC(=O)COC(=O)c2c3c(nc4ccccc24)CCN(C)C3)c1. The van der Waals surface area contributed by atoms with Gasteiger partial charge < -0.3 is 24.4 Å². The Balaban J connectivity index is 1.55. The molecule has 0 atom stereocenters. The summed E-state index contributed by atoms with van der Waals surface area (Å²) in [6.45, 7) is 1.04. The Bertz CT molecular complexity index is 1180. The summed E-state index contributed by atoms with van der Waals surface area (Å²) in [7, 11) is 5.04. The number of benzene rings is 2. The van der Waals surface area contributed by atoms with Gasteiger partial charge in [-0.25, -0.2) is 4.79 Å². The highest BCUT2D eigenvalue weighted by molar-refractivity contribution is 6.06. The Kier molecular flexibility index (Phi) is 6.23. The summed E-state index contributed by atoms with van der Waals surface area (Å²) in [5.74, 6) is 0.0250. The van der Waals surface area contributed by atoms with Gasteiger partial charge in [0.1, 0.15) is 11.5 Å². The molecule has 0 spiro atoms. The van der Waals surface area contributed by atoms with Gasteiger partial charge in [0.25, 0.3) is 5.91 Å². The van der Waals surface area contributed by atoms with Gasteiger partial charge >= 0.3 is 5.97 Å². The molecule has 1 N–H and O–H groups in total. The van der Waals surface area contributed by atoms with Crippen molar-refractivity contribution in [1.82, 2.24) is 9.88 Å². The Labute approximate surface area is 186 Å². The summed E-state index contributed by atoms with van der Waals surface area (Å²) >= 11 is 0. The topological polar surface area (TPSA) is 90.0 Å². The first-order valence-corrected chi connectivity index (χ1v) is 10.3. The van der Waals surface area contributed by atoms with E-state index in [0.29, 0.717) is 29.3 Å². The second-order valence-electron chi connectivity index (χ2n) is 7.61. The van der Waals surface area contributed by atoms with Crippen LogP contribution in [0.25, 0.3) is 10.9 Å². The molecule has 8 heteroatoms. The lowest BCUT2D eigenvalue weighted by molar-refractivity contribution is -0.119. The van der Waals surface area contributed by atoms with Gasteiger partial charge in [-0.05, 0) is 25.2 Å². The molecule has 0 unspecified atom stereocenters. The van der Waals surface area contributed by atoms with Crippen LogP contribution in [0.4, 0.5) is 5.69 Å². The van der Waals surface area contributed by atoms with Gasteiger partial charge in [-0.1, -0.05) is 18.2 Å². The highest BCUT2D eigenvalue weighted by Gasteiger charge is 2.26. The third-order valence-electron chi connectivity index (χ3n) is 5.46. The maximum atomic E-state index is 13.1. The van der Waals surface area contributed by atoms with Crippen LogP contribution in [0.5, 0.6) is 11.5 Å². The van der Waals surface area contributed by atoms with Crippen LogP contribution in [0.2, 0.25) is 0 Å². The second kappa shape index (κ2) is 9.23. The van der Waals surface area contributed by atoms with Gasteiger partial charge in [0.05, 0.1) is 31.0 Å². The molecule has 1 amide bonds. The average Bonchev–Trinajstić information content (AvgIpc) is 2.81. The van der Waals surface area contributed by atoms with Crippen molar-refractivity contribution in [1.29, 1.82) is 0 Å². The largest absolute Gasteiger partial charge is 0.497 e. The zero-order valence-electron chi connectivity index (χ0n) is 18.3. The van der Waals surface area contributed by atoms with Crippen molar-refractivity contribution in [3.63, 3.8) is 0 Å². The van der Waals surface area contributed by atoms with Crippen LogP contribution in [0.3, 0.4) is 0 Å². The van der Waals surface area contributed by atoms with Gasteiger partial charge in [-0.2, -0.15) is 0 Å². The number of hydrogen-bond donors (Lipinski definition) is 1. The lowest BCUT2D eigenvalue weighted by atomic mass is 9.96. The molecule has 0 aliphatic carbocycles. The van der Waals surface area contributed by atoms with E-state index in [0.717, 1.165) is 35.1 Å². The summed E-state index contributed by atoms with van der Waals surface area (Å²) in [6.07, 6.45) is 0.757. The zero-order chi connectivity index (χ0) is 22.7. The fraction of sp³-hybridized carbons (Fsp3) is 0.292. The molecule has 4 rings (SSSR count). The van der Waals surface area contributed by atoms with Gasteiger partial charge in [0.2, 0.25) is 0 Å². The van der Waals surface area contributed by atoms with E-state index in [1.807, 2.05) is 31.3 Å². The van der Waals surface area contributed by atoms with E-state index in [9.17, 15) is 9.59 Å². The number of methoxy groups -OCH3 is 2. The standard InChI is InChI=1S/C24H25N3O5/c1-27-11-10-19-17(13-27)23(16-6-4-5-7-18(16)25-19)24(29)32-14-22(28)26-20-12-15(30-2)8-9-21(20)31-3/h4-9,12H,10-11,13-14H2,1-3H3,(H,26,28). The number of anilines is 1. The second-order valence-corrected chi connectivity index (χ2v) is 7.61. The monoisotopic (exact) mass is 435 g/mol. The quantitative estimate of drug-likeness (QED) is 0.595. The van der Waals surface area contributed by atoms with Gasteiger partial charge in [-0.15, -0.1) is 0 Å². The minimum atomic E-state index is -0.539. The normalized spacial score (nSPS) is 13.3. The molecule has 0 saturated carbocycles. The van der Waals surface area contributed by atoms with Gasteiger partial charge in [-0.3, -0.25) is 9.78 Å². The molecule has 166 valence electrons. The molecular formula is C24H25N3O5. The fourth-order valence-corrected chi connectivity index (χ4v) is 3.86. The first kappa shape index (κ1) is 21.6. The highest BCUT2D eigenvalue weighted by atomic mass is 16.5. The highest BCUT2D eigenvalue weighted by Crippen LogP contribution is 2.30. The summed E-state index contributed by atoms with van der Waals surface area (Å²) < 4.78 is 15.9. The minimum Gasteiger partial charge on any atom is -0.497 e. The van der Waals surface area contributed by atoms with E-state index < -0.39 is 18.5 Å². The molecule has 2 heterocycles. The number of likely N-dealkylation sites (N-methyl/N-ethyl adjacent to an activating group) is 1. The number of nitrogens with one attached hydrogen (secondary N) is 1. The van der Waals surface area contributed by atoms with Crippen molar-refractivity contribution in [2.45, 2.75) is 13.0 Å². The van der Waals surface area contributed by atoms with Crippen LogP contribution < -0.4 is 14.8 Å². The summed E-state index contributed by atoms with van der Waals surface area (Å²) in [5, 5.41) is 3.43. The van der Waals surface area contributed by atoms with Gasteiger partial charge in [0.15, 0.2) is 6.61 Å². The number of ether oxygens (including phenoxy) is 3. The Morgan fingerprint density at radius 2 is 1.94 bits per heavy atom. The van der Waals surface area contributed by atoms with Crippen LogP contribution in [-0.4, -0.2) is 56.2 Å². The van der Waals surface area contributed by atoms with E-state index >= 15 is 0 Å². The molecule has 0 saturated heterocycles. The average molecular weight is 435 g/mol. The smallest absolute Gasteiger partial charge is 0.339 e. The summed E-state index contributed by atoms with van der Waals surface area (Å²) in [6, 6.07) is 12.5. The van der Waals surface area contributed by atoms with Crippen molar-refractivity contribution < 1.29 is 23.8 Å². The molecule has 3 aromatic rings. The Morgan fingerprint density at radius 3 is 2.72 bits per heavy atom. The number of carbonyl (C=O) groups excluding carboxylic acids is 2. The minimum absolute atomic E-state index is 0.430. The Morgan fingerprint density at radius 1 is 1.12 bits per heavy atom. The molecule has 32 heavy (non-hydrogen) atoms. The lowest BCUT2D eigenvalue weighted by Crippen LogP contribution is -2.30. The first-order valence-electron chi connectivity index (χ1n) is 10.3. The number of rotatable bonds is 6. The number of amides is 1. The van der Waals surface area contributed by atoms with E-state index in [2.05, 4.69) is 10.2 Å².